The largest absolute Gasteiger partial charge is 0.356 e. The van der Waals surface area contributed by atoms with Crippen LogP contribution in [0.4, 0.5) is 4.39 Å². The molecule has 2 rings (SSSR count). The van der Waals surface area contributed by atoms with Crippen molar-refractivity contribution in [2.24, 2.45) is 4.99 Å². The SMILES string of the molecule is CN=C(NCCc1cccc(C(=O)N(C)C)c1)NCC(C)(C)c1cccc(F)c1. The van der Waals surface area contributed by atoms with Crippen LogP contribution in [0, 0.1) is 5.82 Å². The fourth-order valence-corrected chi connectivity index (χ4v) is 2.98. The van der Waals surface area contributed by atoms with Gasteiger partial charge >= 0.3 is 0 Å². The third kappa shape index (κ3) is 6.59. The number of carbonyl (C=O) groups excluding carboxylic acids is 1. The monoisotopic (exact) mass is 398 g/mol. The number of benzene rings is 2. The van der Waals surface area contributed by atoms with E-state index in [9.17, 15) is 9.18 Å². The second-order valence-corrected chi connectivity index (χ2v) is 7.90. The molecular formula is C23H31FN4O. The maximum absolute atomic E-state index is 13.5. The fourth-order valence-electron chi connectivity index (χ4n) is 2.98. The Morgan fingerprint density at radius 2 is 1.83 bits per heavy atom. The van der Waals surface area contributed by atoms with Gasteiger partial charge in [-0.05, 0) is 41.8 Å². The predicted molar refractivity (Wildman–Crippen MR) is 117 cm³/mol. The van der Waals surface area contributed by atoms with Crippen LogP contribution >= 0.6 is 0 Å². The third-order valence-corrected chi connectivity index (χ3v) is 4.81. The van der Waals surface area contributed by atoms with Crippen LogP contribution in [0.25, 0.3) is 0 Å². The molecule has 0 bridgehead atoms. The van der Waals surface area contributed by atoms with Crippen molar-refractivity contribution in [3.8, 4) is 0 Å². The van der Waals surface area contributed by atoms with Crippen LogP contribution in [0.3, 0.4) is 0 Å². The topological polar surface area (TPSA) is 56.7 Å². The van der Waals surface area contributed by atoms with Gasteiger partial charge in [0.2, 0.25) is 0 Å². The Morgan fingerprint density at radius 1 is 1.10 bits per heavy atom. The molecular weight excluding hydrogens is 367 g/mol. The first kappa shape index (κ1) is 22.4. The van der Waals surface area contributed by atoms with Crippen LogP contribution in [0.1, 0.15) is 35.3 Å². The molecule has 0 saturated heterocycles. The van der Waals surface area contributed by atoms with Crippen LogP contribution in [0.15, 0.2) is 53.5 Å². The van der Waals surface area contributed by atoms with E-state index in [0.29, 0.717) is 24.6 Å². The van der Waals surface area contributed by atoms with Crippen molar-refractivity contribution in [2.75, 3.05) is 34.2 Å². The molecule has 0 heterocycles. The normalized spacial score (nSPS) is 11.9. The summed E-state index contributed by atoms with van der Waals surface area (Å²) in [7, 11) is 5.22. The summed E-state index contributed by atoms with van der Waals surface area (Å²) in [5, 5.41) is 6.61. The number of rotatable bonds is 7. The maximum Gasteiger partial charge on any atom is 0.253 e. The fraction of sp³-hybridized carbons (Fsp3) is 0.391. The van der Waals surface area contributed by atoms with Gasteiger partial charge in [-0.3, -0.25) is 9.79 Å². The highest BCUT2D eigenvalue weighted by Crippen LogP contribution is 2.22. The molecule has 0 radical (unpaired) electrons. The van der Waals surface area contributed by atoms with Crippen LogP contribution in [-0.2, 0) is 11.8 Å². The first-order chi connectivity index (χ1) is 13.7. The summed E-state index contributed by atoms with van der Waals surface area (Å²) in [5.41, 5.74) is 2.45. The zero-order valence-electron chi connectivity index (χ0n) is 17.9. The molecule has 0 aliphatic carbocycles. The number of hydrogen-bond acceptors (Lipinski definition) is 2. The van der Waals surface area contributed by atoms with Gasteiger partial charge in [-0.25, -0.2) is 4.39 Å². The minimum atomic E-state index is -0.249. The summed E-state index contributed by atoms with van der Waals surface area (Å²) in [6.45, 7) is 5.42. The molecule has 2 N–H and O–H groups in total. The predicted octanol–water partition coefficient (Wildman–Crippen LogP) is 3.21. The van der Waals surface area contributed by atoms with Crippen molar-refractivity contribution in [3.05, 3.63) is 71.0 Å². The Hall–Kier alpha value is -2.89. The Bertz CT molecular complexity index is 861. The number of aliphatic imine (C=N–C) groups is 1. The number of amides is 1. The van der Waals surface area contributed by atoms with Crippen molar-refractivity contribution < 1.29 is 9.18 Å². The molecule has 0 saturated carbocycles. The zero-order chi connectivity index (χ0) is 21.4. The van der Waals surface area contributed by atoms with Crippen LogP contribution in [0.5, 0.6) is 0 Å². The quantitative estimate of drug-likeness (QED) is 0.556. The number of nitrogens with zero attached hydrogens (tertiary/aromatic N) is 2. The Balaban J connectivity index is 1.88. The highest BCUT2D eigenvalue weighted by atomic mass is 19.1. The van der Waals surface area contributed by atoms with Gasteiger partial charge in [-0.2, -0.15) is 0 Å². The number of hydrogen-bond donors (Lipinski definition) is 2. The van der Waals surface area contributed by atoms with E-state index in [0.717, 1.165) is 17.5 Å². The van der Waals surface area contributed by atoms with Crippen molar-refractivity contribution in [1.82, 2.24) is 15.5 Å². The third-order valence-electron chi connectivity index (χ3n) is 4.81. The van der Waals surface area contributed by atoms with Crippen molar-refractivity contribution in [1.29, 1.82) is 0 Å². The molecule has 1 amide bonds. The smallest absolute Gasteiger partial charge is 0.253 e. The van der Waals surface area contributed by atoms with Gasteiger partial charge < -0.3 is 15.5 Å². The molecule has 0 atom stereocenters. The molecule has 0 aliphatic heterocycles. The van der Waals surface area contributed by atoms with Crippen LogP contribution < -0.4 is 10.6 Å². The van der Waals surface area contributed by atoms with E-state index in [1.165, 1.54) is 6.07 Å². The summed E-state index contributed by atoms with van der Waals surface area (Å²) in [4.78, 5) is 17.9. The van der Waals surface area contributed by atoms with E-state index < -0.39 is 0 Å². The van der Waals surface area contributed by atoms with Gasteiger partial charge in [0.1, 0.15) is 5.82 Å². The molecule has 5 nitrogen and oxygen atoms in total. The summed E-state index contributed by atoms with van der Waals surface area (Å²) in [6.07, 6.45) is 0.766. The lowest BCUT2D eigenvalue weighted by Crippen LogP contribution is -2.44. The van der Waals surface area contributed by atoms with E-state index in [2.05, 4.69) is 29.5 Å². The van der Waals surface area contributed by atoms with E-state index in [1.54, 1.807) is 38.2 Å². The average molecular weight is 399 g/mol. The number of carbonyl (C=O) groups is 1. The van der Waals surface area contributed by atoms with Crippen LogP contribution in [-0.4, -0.2) is 51.0 Å². The van der Waals surface area contributed by atoms with Crippen molar-refractivity contribution in [3.63, 3.8) is 0 Å². The summed E-state index contributed by atoms with van der Waals surface area (Å²) in [5.74, 6) is 0.458. The molecule has 2 aromatic carbocycles. The minimum absolute atomic E-state index is 0.00290. The van der Waals surface area contributed by atoms with Crippen LogP contribution in [0.2, 0.25) is 0 Å². The van der Waals surface area contributed by atoms with Gasteiger partial charge in [0.05, 0.1) is 0 Å². The lowest BCUT2D eigenvalue weighted by molar-refractivity contribution is 0.0827. The molecule has 2 aromatic rings. The minimum Gasteiger partial charge on any atom is -0.356 e. The standard InChI is InChI=1S/C23H31FN4O/c1-23(2,19-10-7-11-20(24)15-19)16-27-22(25-3)26-13-12-17-8-6-9-18(14-17)21(29)28(4)5/h6-11,14-15H,12-13,16H2,1-5H3,(H2,25,26,27). The number of halogens is 1. The molecule has 0 spiro atoms. The second-order valence-electron chi connectivity index (χ2n) is 7.90. The number of nitrogens with one attached hydrogen (secondary N) is 2. The van der Waals surface area contributed by atoms with Gasteiger partial charge in [-0.1, -0.05) is 38.1 Å². The van der Waals surface area contributed by atoms with E-state index in [4.69, 9.17) is 0 Å². The van der Waals surface area contributed by atoms with Crippen molar-refractivity contribution >= 4 is 11.9 Å². The highest BCUT2D eigenvalue weighted by molar-refractivity contribution is 5.94. The van der Waals surface area contributed by atoms with Crippen molar-refractivity contribution in [2.45, 2.75) is 25.7 Å². The lowest BCUT2D eigenvalue weighted by Gasteiger charge is -2.27. The van der Waals surface area contributed by atoms with Gasteiger partial charge in [0.25, 0.3) is 5.91 Å². The van der Waals surface area contributed by atoms with Gasteiger partial charge in [0, 0.05) is 45.2 Å². The Kier molecular flexibility index (Phi) is 7.76. The average Bonchev–Trinajstić information content (AvgIpc) is 2.70. The first-order valence-electron chi connectivity index (χ1n) is 9.74. The molecule has 0 fully saturated rings. The second kappa shape index (κ2) is 10.0. The van der Waals surface area contributed by atoms with Gasteiger partial charge in [0.15, 0.2) is 5.96 Å². The molecule has 6 heteroatoms. The van der Waals surface area contributed by atoms with E-state index in [-0.39, 0.29) is 17.1 Å². The van der Waals surface area contributed by atoms with Gasteiger partial charge in [-0.15, -0.1) is 0 Å². The van der Waals surface area contributed by atoms with E-state index >= 15 is 0 Å². The molecule has 0 unspecified atom stereocenters. The Morgan fingerprint density at radius 3 is 2.48 bits per heavy atom. The molecule has 29 heavy (non-hydrogen) atoms. The first-order valence-corrected chi connectivity index (χ1v) is 9.74. The lowest BCUT2D eigenvalue weighted by atomic mass is 9.84. The van der Waals surface area contributed by atoms with E-state index in [1.807, 2.05) is 30.3 Å². The molecule has 0 aromatic heterocycles. The molecule has 0 aliphatic rings. The molecule has 156 valence electrons. The maximum atomic E-state index is 13.5. The summed E-state index contributed by atoms with van der Waals surface area (Å²) < 4.78 is 13.5. The number of guanidine groups is 1. The Labute approximate surface area is 173 Å². The summed E-state index contributed by atoms with van der Waals surface area (Å²) in [6, 6.07) is 14.4. The highest BCUT2D eigenvalue weighted by Gasteiger charge is 2.21. The summed E-state index contributed by atoms with van der Waals surface area (Å²) >= 11 is 0. The zero-order valence-corrected chi connectivity index (χ0v) is 17.9.